The number of benzene rings is 1. The van der Waals surface area contributed by atoms with Gasteiger partial charge in [0.1, 0.15) is 18.8 Å². The maximum atomic E-state index is 14.3. The summed E-state index contributed by atoms with van der Waals surface area (Å²) in [5.41, 5.74) is 2.27. The first-order chi connectivity index (χ1) is 25.1. The smallest absolute Gasteiger partial charge is 0.435 e. The van der Waals surface area contributed by atoms with Crippen LogP contribution in [0.15, 0.2) is 57.2 Å². The summed E-state index contributed by atoms with van der Waals surface area (Å²) in [7, 11) is -14.5. The van der Waals surface area contributed by atoms with Crippen molar-refractivity contribution < 1.29 is 49.7 Å². The molecule has 20 heteroatoms. The van der Waals surface area contributed by atoms with Gasteiger partial charge in [0.05, 0.1) is 24.3 Å². The van der Waals surface area contributed by atoms with Crippen LogP contribution >= 0.6 is 7.60 Å². The molecule has 1 aromatic heterocycles. The zero-order valence-corrected chi connectivity index (χ0v) is 37.2. The lowest BCUT2D eigenvalue weighted by atomic mass is 9.89. The molecule has 1 aromatic carbocycles. The summed E-state index contributed by atoms with van der Waals surface area (Å²) in [4.78, 5) is 50.2. The zero-order valence-electron chi connectivity index (χ0n) is 33.5. The number of ether oxygens (including phenoxy) is 2. The number of carbonyl (C=O) groups excluding carboxylic acids is 1. The number of nitrogens with zero attached hydrogens (tertiary/aromatic N) is 2. The highest BCUT2D eigenvalue weighted by atomic mass is 32.2. The van der Waals surface area contributed by atoms with E-state index >= 15 is 0 Å². The van der Waals surface area contributed by atoms with Crippen molar-refractivity contribution in [3.05, 3.63) is 79.6 Å². The largest absolute Gasteiger partial charge is 0.452 e. The Kier molecular flexibility index (Phi) is 13.0. The molecule has 3 N–H and O–H groups in total. The van der Waals surface area contributed by atoms with Crippen LogP contribution in [0.4, 0.5) is 4.79 Å². The van der Waals surface area contributed by atoms with Crippen molar-refractivity contribution in [3.63, 3.8) is 0 Å². The van der Waals surface area contributed by atoms with Crippen LogP contribution in [-0.4, -0.2) is 75.8 Å². The Hall–Kier alpha value is -2.72. The Balaban J connectivity index is 1.69. The Morgan fingerprint density at radius 2 is 1.64 bits per heavy atom. The average molecular weight is 846 g/mol. The third kappa shape index (κ3) is 9.54. The molecule has 1 fully saturated rings. The van der Waals surface area contributed by atoms with Crippen LogP contribution in [0.5, 0.6) is 0 Å². The van der Waals surface area contributed by atoms with E-state index in [2.05, 4.69) is 20.8 Å². The molecule has 5 atom stereocenters. The molecule has 0 saturated carbocycles. The molecule has 2 aromatic rings. The van der Waals surface area contributed by atoms with Crippen LogP contribution in [0.3, 0.4) is 0 Å². The van der Waals surface area contributed by atoms with E-state index in [0.29, 0.717) is 5.56 Å². The van der Waals surface area contributed by atoms with Gasteiger partial charge in [0.25, 0.3) is 15.7 Å². The second-order valence-corrected chi connectivity index (χ2v) is 29.7. The average Bonchev–Trinajstić information content (AvgIpc) is 3.49. The molecule has 0 radical (unpaired) electrons. The molecule has 2 aliphatic rings. The maximum absolute atomic E-state index is 14.3. The topological polar surface area (TPSA) is 214 Å². The number of hydrogen-bond donors (Lipinski definition) is 2. The number of carbonyl (C=O) groups is 1. The summed E-state index contributed by atoms with van der Waals surface area (Å²) in [6.07, 6.45) is -2.65. The predicted octanol–water partition coefficient (Wildman–Crippen LogP) is 5.46. The van der Waals surface area contributed by atoms with Gasteiger partial charge in [-0.1, -0.05) is 71.9 Å². The predicted molar refractivity (Wildman–Crippen MR) is 211 cm³/mol. The maximum Gasteiger partial charge on any atom is 0.435 e. The van der Waals surface area contributed by atoms with Crippen LogP contribution in [0.1, 0.15) is 65.3 Å². The van der Waals surface area contributed by atoms with Gasteiger partial charge in [0.15, 0.2) is 28.5 Å². The molecule has 0 aliphatic carbocycles. The van der Waals surface area contributed by atoms with Crippen molar-refractivity contribution in [2.45, 2.75) is 128 Å². The first-order valence-corrected chi connectivity index (χ1v) is 26.8. The summed E-state index contributed by atoms with van der Waals surface area (Å²) in [5, 5.41) is 0.204. The Labute approximate surface area is 324 Å². The van der Waals surface area contributed by atoms with E-state index in [9.17, 15) is 32.3 Å². The fourth-order valence-electron chi connectivity index (χ4n) is 5.62. The van der Waals surface area contributed by atoms with Crippen molar-refractivity contribution in [2.75, 3.05) is 13.2 Å². The molecule has 0 bridgehead atoms. The molecular weight excluding hydrogens is 790 g/mol. The number of rotatable bonds is 14. The fraction of sp³-hybridized carbons (Fsp3) is 0.629. The lowest BCUT2D eigenvalue weighted by molar-refractivity contribution is -0.0567. The number of hydrogen-bond acceptors (Lipinski definition) is 13. The monoisotopic (exact) mass is 845 g/mol. The van der Waals surface area contributed by atoms with Crippen LogP contribution in [0, 0.1) is 6.92 Å². The molecule has 308 valence electrons. The second-order valence-electron chi connectivity index (χ2n) is 17.0. The minimum absolute atomic E-state index is 0.130. The van der Waals surface area contributed by atoms with Gasteiger partial charge in [-0.25, -0.2) is 18.3 Å². The van der Waals surface area contributed by atoms with Gasteiger partial charge in [-0.15, -0.1) is 0 Å². The Morgan fingerprint density at radius 1 is 1.04 bits per heavy atom. The Bertz CT molecular complexity index is 2060. The van der Waals surface area contributed by atoms with E-state index in [-0.39, 0.29) is 42.5 Å². The van der Waals surface area contributed by atoms with Gasteiger partial charge in [0.2, 0.25) is 0 Å². The van der Waals surface area contributed by atoms with Gasteiger partial charge < -0.3 is 33.5 Å². The first-order valence-electron chi connectivity index (χ1n) is 18.0. The molecule has 3 heterocycles. The van der Waals surface area contributed by atoms with Gasteiger partial charge >= 0.3 is 19.0 Å². The van der Waals surface area contributed by atoms with Crippen LogP contribution in [0.25, 0.3) is 0 Å². The summed E-state index contributed by atoms with van der Waals surface area (Å²) in [6.45, 7) is 20.4. The number of nitrogens with two attached hydrogens (primary N) is 1. The Morgan fingerprint density at radius 3 is 2.18 bits per heavy atom. The molecule has 16 nitrogen and oxygen atoms in total. The highest BCUT2D eigenvalue weighted by Gasteiger charge is 2.67. The first kappa shape index (κ1) is 45.0. The van der Waals surface area contributed by atoms with Crippen molar-refractivity contribution in [1.82, 2.24) is 9.13 Å². The van der Waals surface area contributed by atoms with Crippen LogP contribution in [0.2, 0.25) is 36.3 Å². The minimum Gasteiger partial charge on any atom is -0.452 e. The SMILES string of the molecule is Cc1cn([C@@H]2OC(CO[Si](C)(C)C(C)(C)C)C3(OS(=O)(=O)C=C3N)[C@H]2O[Si](C)(C)C(C)(C)C)c(=O)n(CCCOP(=O)(O)C(=O)OCc2ccccc2)c1=O. The van der Waals surface area contributed by atoms with E-state index in [1.165, 1.54) is 13.1 Å². The minimum atomic E-state index is -4.87. The van der Waals surface area contributed by atoms with E-state index in [4.69, 9.17) is 32.8 Å². The molecule has 1 saturated heterocycles. The van der Waals surface area contributed by atoms with Gasteiger partial charge in [-0.05, 0) is 55.2 Å². The van der Waals surface area contributed by atoms with Gasteiger partial charge in [0, 0.05) is 18.3 Å². The molecule has 0 amide bonds. The van der Waals surface area contributed by atoms with Crippen molar-refractivity contribution in [2.24, 2.45) is 5.73 Å². The van der Waals surface area contributed by atoms with E-state index < -0.39 is 87.0 Å². The zero-order chi connectivity index (χ0) is 41.6. The van der Waals surface area contributed by atoms with Crippen molar-refractivity contribution in [3.8, 4) is 0 Å². The fourth-order valence-corrected chi connectivity index (χ4v) is 9.83. The third-order valence-electron chi connectivity index (χ3n) is 10.9. The number of aromatic nitrogens is 2. The summed E-state index contributed by atoms with van der Waals surface area (Å²) >= 11 is 0. The molecule has 55 heavy (non-hydrogen) atoms. The molecule has 2 aliphatic heterocycles. The molecule has 3 unspecified atom stereocenters. The van der Waals surface area contributed by atoms with Gasteiger partial charge in [-0.2, -0.15) is 8.42 Å². The second kappa shape index (κ2) is 15.9. The molecule has 4 rings (SSSR count). The van der Waals surface area contributed by atoms with E-state index in [1.54, 1.807) is 30.3 Å². The van der Waals surface area contributed by atoms with Crippen molar-refractivity contribution >= 4 is 40.1 Å². The lowest BCUT2D eigenvalue weighted by Crippen LogP contribution is -2.59. The summed E-state index contributed by atoms with van der Waals surface area (Å²) in [6, 6.07) is 8.57. The summed E-state index contributed by atoms with van der Waals surface area (Å²) in [5.74, 6) is 0. The van der Waals surface area contributed by atoms with Crippen LogP contribution in [-0.2, 0) is 54.9 Å². The number of aryl methyl sites for hydroxylation is 1. The highest BCUT2D eigenvalue weighted by Crippen LogP contribution is 2.52. The standard InChI is InChI=1S/C35H56N3O13PSSi2/c1-24-20-38(31(40)37(29(24)39)18-15-19-47-52(42,43)32(41)46-21-25-16-13-12-14-17-25)30-28(50-55(10,11)34(5,6)7)35(26(36)23-53(44,45)51-35)27(49-30)22-48-54(8,9)33(2,3)4/h12-14,16-17,20,23,27-28,30H,15,18-19,21-22,36H2,1-11H3,(H,42,43)/t27?,28-,30+,35?/m0/s1. The van der Waals surface area contributed by atoms with E-state index in [0.717, 1.165) is 14.5 Å². The van der Waals surface area contributed by atoms with Crippen molar-refractivity contribution in [1.29, 1.82) is 0 Å². The summed E-state index contributed by atoms with van der Waals surface area (Å²) < 4.78 is 76.8. The van der Waals surface area contributed by atoms with E-state index in [1.807, 2.05) is 47.0 Å². The normalized spacial score (nSPS) is 24.1. The lowest BCUT2D eigenvalue weighted by Gasteiger charge is -2.43. The third-order valence-corrected chi connectivity index (χ3v) is 22.1. The van der Waals surface area contributed by atoms with Gasteiger partial charge in [-0.3, -0.25) is 13.9 Å². The molecular formula is C35H56N3O13PSSi2. The highest BCUT2D eigenvalue weighted by molar-refractivity contribution is 7.90. The molecule has 1 spiro atoms. The quantitative estimate of drug-likeness (QED) is 0.105. The van der Waals surface area contributed by atoms with Crippen LogP contribution < -0.4 is 17.0 Å².